The number of aliphatic hydroxyl groups excluding tert-OH is 2. The molecule has 1 spiro atoms. The second-order valence-electron chi connectivity index (χ2n) is 11.4. The first-order valence-corrected chi connectivity index (χ1v) is 12.2. The first-order chi connectivity index (χ1) is 16.0. The Bertz CT molecular complexity index is 1090. The van der Waals surface area contributed by atoms with Gasteiger partial charge in [-0.1, -0.05) is 63.3 Å². The molecule has 3 N–H and O–H groups in total. The zero-order chi connectivity index (χ0) is 24.6. The van der Waals surface area contributed by atoms with Gasteiger partial charge in [0.25, 0.3) is 0 Å². The predicted octanol–water partition coefficient (Wildman–Crippen LogP) is 2.61. The quantitative estimate of drug-likeness (QED) is 0.466. The van der Waals surface area contributed by atoms with E-state index in [2.05, 4.69) is 13.8 Å². The first-order valence-electron chi connectivity index (χ1n) is 12.2. The first kappa shape index (κ1) is 23.5. The average Bonchev–Trinajstić information content (AvgIpc) is 3.28. The summed E-state index contributed by atoms with van der Waals surface area (Å²) >= 11 is 0. The Labute approximate surface area is 200 Å². The highest BCUT2D eigenvalue weighted by atomic mass is 16.6. The standard InChI is InChI=1S/C28H34O6/c1-15-13-27-16(2)10-20-22(26(20,3)4)19(24(27)32)12-18(14-29)23(31)28(27,33)25(15)34-21(30)11-17-8-6-5-7-9-17/h5-9,12-13,16,19-20,22-23,25,29,31,33H,10-11,14H2,1-4H3/t16-,19+,20-,22+,23-,25+,27+,28+/m1/s1. The van der Waals surface area contributed by atoms with Crippen LogP contribution in [-0.4, -0.2) is 51.5 Å². The lowest BCUT2D eigenvalue weighted by molar-refractivity contribution is -0.203. The monoisotopic (exact) mass is 466 g/mol. The van der Waals surface area contributed by atoms with Crippen LogP contribution in [0.25, 0.3) is 0 Å². The highest BCUT2D eigenvalue weighted by Crippen LogP contribution is 2.71. The summed E-state index contributed by atoms with van der Waals surface area (Å²) in [5, 5.41) is 34.0. The van der Waals surface area contributed by atoms with Crippen LogP contribution in [0, 0.1) is 34.5 Å². The minimum Gasteiger partial charge on any atom is -0.454 e. The van der Waals surface area contributed by atoms with Crippen molar-refractivity contribution < 1.29 is 29.6 Å². The number of ketones is 1. The summed E-state index contributed by atoms with van der Waals surface area (Å²) in [4.78, 5) is 27.2. The molecule has 34 heavy (non-hydrogen) atoms. The van der Waals surface area contributed by atoms with Crippen LogP contribution in [0.5, 0.6) is 0 Å². The van der Waals surface area contributed by atoms with Gasteiger partial charge in [0.2, 0.25) is 0 Å². The van der Waals surface area contributed by atoms with Gasteiger partial charge in [-0.15, -0.1) is 0 Å². The smallest absolute Gasteiger partial charge is 0.310 e. The molecule has 0 unspecified atom stereocenters. The summed E-state index contributed by atoms with van der Waals surface area (Å²) in [6.45, 7) is 7.51. The van der Waals surface area contributed by atoms with Gasteiger partial charge in [-0.05, 0) is 53.2 Å². The molecule has 2 saturated carbocycles. The number of aliphatic hydroxyl groups is 3. The highest BCUT2D eigenvalue weighted by Gasteiger charge is 2.76. The number of rotatable bonds is 4. The van der Waals surface area contributed by atoms with Crippen molar-refractivity contribution in [3.63, 3.8) is 0 Å². The fourth-order valence-electron chi connectivity index (χ4n) is 7.53. The lowest BCUT2D eigenvalue weighted by atomic mass is 9.59. The number of hydrogen-bond donors (Lipinski definition) is 3. The van der Waals surface area contributed by atoms with Gasteiger partial charge < -0.3 is 20.1 Å². The summed E-state index contributed by atoms with van der Waals surface area (Å²) in [5.74, 6) is -1.10. The van der Waals surface area contributed by atoms with Crippen LogP contribution in [0.3, 0.4) is 0 Å². The number of carbonyl (C=O) groups excluding carboxylic acids is 2. The molecule has 0 saturated heterocycles. The Morgan fingerprint density at radius 3 is 2.53 bits per heavy atom. The molecule has 2 bridgehead atoms. The average molecular weight is 467 g/mol. The van der Waals surface area contributed by atoms with Crippen LogP contribution in [-0.2, 0) is 20.7 Å². The minimum absolute atomic E-state index is 0.0109. The lowest BCUT2D eigenvalue weighted by Gasteiger charge is -2.48. The number of Topliss-reactive ketones (excluding diaryl/α,β-unsaturated/α-hetero) is 1. The number of hydrogen-bond acceptors (Lipinski definition) is 6. The Hall–Kier alpha value is -2.28. The fourth-order valence-corrected chi connectivity index (χ4v) is 7.53. The molecule has 0 amide bonds. The zero-order valence-corrected chi connectivity index (χ0v) is 20.2. The number of benzene rings is 1. The van der Waals surface area contributed by atoms with E-state index >= 15 is 0 Å². The zero-order valence-electron chi connectivity index (χ0n) is 20.2. The van der Waals surface area contributed by atoms with E-state index in [1.54, 1.807) is 19.1 Å². The molecular weight excluding hydrogens is 432 g/mol. The van der Waals surface area contributed by atoms with Crippen LogP contribution in [0.2, 0.25) is 0 Å². The molecule has 6 heteroatoms. The molecule has 0 heterocycles. The molecule has 4 aliphatic carbocycles. The van der Waals surface area contributed by atoms with E-state index < -0.39 is 41.7 Å². The van der Waals surface area contributed by atoms with Crippen LogP contribution in [0.1, 0.15) is 39.7 Å². The third-order valence-electron chi connectivity index (χ3n) is 9.34. The third kappa shape index (κ3) is 2.91. The van der Waals surface area contributed by atoms with E-state index in [0.29, 0.717) is 11.5 Å². The Balaban J connectivity index is 1.58. The summed E-state index contributed by atoms with van der Waals surface area (Å²) in [7, 11) is 0. The third-order valence-corrected chi connectivity index (χ3v) is 9.34. The number of allylic oxidation sites excluding steroid dienone is 1. The van der Waals surface area contributed by atoms with Crippen molar-refractivity contribution in [1.82, 2.24) is 0 Å². The minimum atomic E-state index is -2.09. The van der Waals surface area contributed by atoms with E-state index in [1.165, 1.54) is 0 Å². The Morgan fingerprint density at radius 2 is 1.88 bits per heavy atom. The van der Waals surface area contributed by atoms with Crippen LogP contribution in [0.15, 0.2) is 53.6 Å². The van der Waals surface area contributed by atoms with Crippen molar-refractivity contribution in [3.05, 3.63) is 59.2 Å². The van der Waals surface area contributed by atoms with E-state index in [1.807, 2.05) is 37.3 Å². The maximum atomic E-state index is 14.3. The molecule has 1 aromatic carbocycles. The van der Waals surface area contributed by atoms with Crippen molar-refractivity contribution in [2.75, 3.05) is 6.61 Å². The molecule has 182 valence electrons. The molecule has 0 aromatic heterocycles. The van der Waals surface area contributed by atoms with Crippen molar-refractivity contribution in [1.29, 1.82) is 0 Å². The predicted molar refractivity (Wildman–Crippen MR) is 125 cm³/mol. The molecule has 8 atom stereocenters. The number of carbonyl (C=O) groups is 2. The molecule has 0 aliphatic heterocycles. The maximum Gasteiger partial charge on any atom is 0.310 e. The molecule has 2 fully saturated rings. The van der Waals surface area contributed by atoms with Gasteiger partial charge >= 0.3 is 5.97 Å². The molecule has 0 radical (unpaired) electrons. The van der Waals surface area contributed by atoms with Gasteiger partial charge in [-0.25, -0.2) is 0 Å². The van der Waals surface area contributed by atoms with Gasteiger partial charge in [-0.3, -0.25) is 9.59 Å². The van der Waals surface area contributed by atoms with Gasteiger partial charge in [0, 0.05) is 5.92 Å². The van der Waals surface area contributed by atoms with Crippen LogP contribution < -0.4 is 0 Å². The van der Waals surface area contributed by atoms with Gasteiger partial charge in [0.05, 0.1) is 18.4 Å². The maximum absolute atomic E-state index is 14.3. The largest absolute Gasteiger partial charge is 0.454 e. The SMILES string of the molecule is CC1=C[C@]23C(=O)[C@@H](C=C(CO)[C@@H](O)[C@]2(O)[C@H]1OC(=O)Cc1ccccc1)[C@H]1[C@@H](C[C@H]3C)C1(C)C. The number of ether oxygens (including phenoxy) is 1. The van der Waals surface area contributed by atoms with E-state index in [-0.39, 0.29) is 35.0 Å². The Morgan fingerprint density at radius 1 is 1.21 bits per heavy atom. The van der Waals surface area contributed by atoms with Crippen molar-refractivity contribution in [2.24, 2.45) is 34.5 Å². The van der Waals surface area contributed by atoms with Gasteiger partial charge in [-0.2, -0.15) is 0 Å². The molecule has 5 rings (SSSR count). The molecule has 1 aromatic rings. The van der Waals surface area contributed by atoms with Crippen molar-refractivity contribution in [2.45, 2.75) is 58.3 Å². The summed E-state index contributed by atoms with van der Waals surface area (Å²) in [6, 6.07) is 9.15. The highest BCUT2D eigenvalue weighted by molar-refractivity contribution is 5.95. The number of esters is 1. The fraction of sp³-hybridized carbons (Fsp3) is 0.571. The van der Waals surface area contributed by atoms with Crippen LogP contribution in [0.4, 0.5) is 0 Å². The van der Waals surface area contributed by atoms with Crippen molar-refractivity contribution >= 4 is 11.8 Å². The lowest BCUT2D eigenvalue weighted by Crippen LogP contribution is -2.65. The number of fused-ring (bicyclic) bond motifs is 3. The van der Waals surface area contributed by atoms with Gasteiger partial charge in [0.1, 0.15) is 6.10 Å². The van der Waals surface area contributed by atoms with Crippen molar-refractivity contribution in [3.8, 4) is 0 Å². The summed E-state index contributed by atoms with van der Waals surface area (Å²) in [5.41, 5.74) is -1.99. The second-order valence-corrected chi connectivity index (χ2v) is 11.4. The summed E-state index contributed by atoms with van der Waals surface area (Å²) in [6.07, 6.45) is 1.43. The topological polar surface area (TPSA) is 104 Å². The van der Waals surface area contributed by atoms with Crippen LogP contribution >= 0.6 is 0 Å². The molecular formula is C28H34O6. The molecule has 6 nitrogen and oxygen atoms in total. The van der Waals surface area contributed by atoms with E-state index in [4.69, 9.17) is 4.74 Å². The van der Waals surface area contributed by atoms with E-state index in [9.17, 15) is 24.9 Å². The van der Waals surface area contributed by atoms with E-state index in [0.717, 1.165) is 12.0 Å². The summed E-state index contributed by atoms with van der Waals surface area (Å²) < 4.78 is 5.84. The molecule has 4 aliphatic rings. The normalized spacial score (nSPS) is 41.9. The van der Waals surface area contributed by atoms with Gasteiger partial charge in [0.15, 0.2) is 17.5 Å². The second kappa shape index (κ2) is 7.61. The Kier molecular flexibility index (Phi) is 5.25.